The molecule has 25 heavy (non-hydrogen) atoms. The standard InChI is InChI=1S/C19H21N3O3/c1-13(14(2)23)22-16-8-4-3-7-15(16)21-18(22)10-5-11-20-19(24)17-9-6-12-25-17/h3-4,6-9,12-13H,5,10-11H2,1-2H3,(H,20,24). The van der Waals surface area contributed by atoms with Crippen molar-refractivity contribution >= 4 is 22.7 Å². The number of benzene rings is 1. The minimum atomic E-state index is -0.264. The van der Waals surface area contributed by atoms with E-state index in [4.69, 9.17) is 4.42 Å². The number of para-hydroxylation sites is 2. The molecule has 1 aromatic carbocycles. The molecule has 0 spiro atoms. The van der Waals surface area contributed by atoms with E-state index in [2.05, 4.69) is 10.3 Å². The average molecular weight is 339 g/mol. The van der Waals surface area contributed by atoms with Gasteiger partial charge < -0.3 is 14.3 Å². The number of furan rings is 1. The number of aromatic nitrogens is 2. The number of rotatable bonds is 7. The van der Waals surface area contributed by atoms with Gasteiger partial charge in [-0.3, -0.25) is 9.59 Å². The highest BCUT2D eigenvalue weighted by Crippen LogP contribution is 2.22. The topological polar surface area (TPSA) is 77.1 Å². The number of imidazole rings is 1. The zero-order chi connectivity index (χ0) is 17.8. The summed E-state index contributed by atoms with van der Waals surface area (Å²) in [5, 5.41) is 2.82. The van der Waals surface area contributed by atoms with Crippen molar-refractivity contribution in [2.45, 2.75) is 32.7 Å². The normalized spacial score (nSPS) is 12.2. The SMILES string of the molecule is CC(=O)C(C)n1c(CCCNC(=O)c2ccco2)nc2ccccc21. The molecule has 0 fully saturated rings. The van der Waals surface area contributed by atoms with Crippen molar-refractivity contribution in [2.75, 3.05) is 6.54 Å². The fraction of sp³-hybridized carbons (Fsp3) is 0.316. The molecule has 1 N–H and O–H groups in total. The van der Waals surface area contributed by atoms with Gasteiger partial charge in [0, 0.05) is 13.0 Å². The van der Waals surface area contributed by atoms with Crippen LogP contribution in [0.2, 0.25) is 0 Å². The van der Waals surface area contributed by atoms with Crippen molar-refractivity contribution in [2.24, 2.45) is 0 Å². The van der Waals surface area contributed by atoms with Crippen molar-refractivity contribution in [1.29, 1.82) is 0 Å². The molecule has 6 nitrogen and oxygen atoms in total. The Bertz CT molecular complexity index is 881. The maximum atomic E-state index is 11.9. The van der Waals surface area contributed by atoms with Gasteiger partial charge in [0.2, 0.25) is 0 Å². The molecule has 0 radical (unpaired) electrons. The van der Waals surface area contributed by atoms with Crippen LogP contribution in [0.5, 0.6) is 0 Å². The molecule has 0 aliphatic carbocycles. The third kappa shape index (κ3) is 3.63. The first-order valence-corrected chi connectivity index (χ1v) is 8.36. The summed E-state index contributed by atoms with van der Waals surface area (Å²) in [6.07, 6.45) is 2.87. The summed E-state index contributed by atoms with van der Waals surface area (Å²) in [7, 11) is 0. The van der Waals surface area contributed by atoms with Crippen LogP contribution in [0.3, 0.4) is 0 Å². The monoisotopic (exact) mass is 339 g/mol. The van der Waals surface area contributed by atoms with Crippen molar-refractivity contribution in [3.63, 3.8) is 0 Å². The molecule has 2 aromatic heterocycles. The Morgan fingerprint density at radius 2 is 2.04 bits per heavy atom. The molecule has 1 atom stereocenters. The lowest BCUT2D eigenvalue weighted by Crippen LogP contribution is -2.24. The lowest BCUT2D eigenvalue weighted by atomic mass is 10.2. The Labute approximate surface area is 145 Å². The van der Waals surface area contributed by atoms with Crippen molar-refractivity contribution in [3.8, 4) is 0 Å². The van der Waals surface area contributed by atoms with Crippen molar-refractivity contribution in [1.82, 2.24) is 14.9 Å². The average Bonchev–Trinajstić information content (AvgIpc) is 3.25. The second-order valence-corrected chi connectivity index (χ2v) is 6.01. The number of fused-ring (bicyclic) bond motifs is 1. The Balaban J connectivity index is 1.69. The van der Waals surface area contributed by atoms with Crippen LogP contribution < -0.4 is 5.32 Å². The quantitative estimate of drug-likeness (QED) is 0.671. The molecule has 3 aromatic rings. The zero-order valence-corrected chi connectivity index (χ0v) is 14.4. The van der Waals surface area contributed by atoms with Gasteiger partial charge in [-0.05, 0) is 44.5 Å². The Morgan fingerprint density at radius 1 is 1.24 bits per heavy atom. The second-order valence-electron chi connectivity index (χ2n) is 6.01. The molecule has 0 saturated carbocycles. The number of hydrogen-bond donors (Lipinski definition) is 1. The van der Waals surface area contributed by atoms with E-state index in [1.54, 1.807) is 19.1 Å². The number of carbonyl (C=O) groups is 2. The Kier molecular flexibility index (Phi) is 4.97. The molecule has 0 aliphatic heterocycles. The fourth-order valence-electron chi connectivity index (χ4n) is 2.83. The second kappa shape index (κ2) is 7.34. The lowest BCUT2D eigenvalue weighted by Gasteiger charge is -2.15. The van der Waals surface area contributed by atoms with Gasteiger partial charge in [-0.25, -0.2) is 4.98 Å². The van der Waals surface area contributed by atoms with Gasteiger partial charge in [0.05, 0.1) is 23.3 Å². The molecule has 130 valence electrons. The van der Waals surface area contributed by atoms with Gasteiger partial charge >= 0.3 is 0 Å². The highest BCUT2D eigenvalue weighted by molar-refractivity contribution is 5.91. The molecule has 3 rings (SSSR count). The summed E-state index contributed by atoms with van der Waals surface area (Å²) in [6, 6.07) is 10.8. The van der Waals surface area contributed by atoms with E-state index in [9.17, 15) is 9.59 Å². The highest BCUT2D eigenvalue weighted by atomic mass is 16.3. The van der Waals surface area contributed by atoms with E-state index in [1.165, 1.54) is 6.26 Å². The van der Waals surface area contributed by atoms with Crippen LogP contribution in [-0.2, 0) is 11.2 Å². The molecule has 0 saturated heterocycles. The zero-order valence-electron chi connectivity index (χ0n) is 14.4. The predicted molar refractivity (Wildman–Crippen MR) is 94.5 cm³/mol. The molecular weight excluding hydrogens is 318 g/mol. The summed E-state index contributed by atoms with van der Waals surface area (Å²) >= 11 is 0. The van der Waals surface area contributed by atoms with E-state index in [-0.39, 0.29) is 17.7 Å². The summed E-state index contributed by atoms with van der Waals surface area (Å²) < 4.78 is 7.05. The molecule has 2 heterocycles. The van der Waals surface area contributed by atoms with Crippen LogP contribution in [0.15, 0.2) is 47.1 Å². The first-order chi connectivity index (χ1) is 12.1. The van der Waals surface area contributed by atoms with E-state index in [0.717, 1.165) is 23.3 Å². The first-order valence-electron chi connectivity index (χ1n) is 8.36. The maximum absolute atomic E-state index is 11.9. The Morgan fingerprint density at radius 3 is 2.76 bits per heavy atom. The number of amides is 1. The largest absolute Gasteiger partial charge is 0.459 e. The minimum absolute atomic E-state index is 0.0931. The Hall–Kier alpha value is -2.89. The van der Waals surface area contributed by atoms with Crippen molar-refractivity contribution in [3.05, 3.63) is 54.2 Å². The molecule has 0 bridgehead atoms. The van der Waals surface area contributed by atoms with Gasteiger partial charge in [0.1, 0.15) is 5.82 Å². The fourth-order valence-corrected chi connectivity index (χ4v) is 2.83. The first kappa shape index (κ1) is 17.0. The van der Waals surface area contributed by atoms with Crippen LogP contribution in [0, 0.1) is 0 Å². The van der Waals surface area contributed by atoms with Crippen LogP contribution in [0.1, 0.15) is 42.7 Å². The number of ketones is 1. The third-order valence-electron chi connectivity index (χ3n) is 4.25. The molecule has 1 unspecified atom stereocenters. The number of carbonyl (C=O) groups excluding carboxylic acids is 2. The maximum Gasteiger partial charge on any atom is 0.286 e. The van der Waals surface area contributed by atoms with Crippen LogP contribution in [0.25, 0.3) is 11.0 Å². The van der Waals surface area contributed by atoms with E-state index in [1.807, 2.05) is 35.8 Å². The van der Waals surface area contributed by atoms with Gasteiger partial charge in [-0.15, -0.1) is 0 Å². The number of nitrogens with zero attached hydrogens (tertiary/aromatic N) is 2. The summed E-state index contributed by atoms with van der Waals surface area (Å²) in [5.74, 6) is 1.03. The van der Waals surface area contributed by atoms with Crippen LogP contribution >= 0.6 is 0 Å². The van der Waals surface area contributed by atoms with E-state index >= 15 is 0 Å². The van der Waals surface area contributed by atoms with Gasteiger partial charge in [0.25, 0.3) is 5.91 Å². The number of aryl methyl sites for hydroxylation is 1. The minimum Gasteiger partial charge on any atom is -0.459 e. The number of nitrogens with one attached hydrogen (secondary N) is 1. The third-order valence-corrected chi connectivity index (χ3v) is 4.25. The molecule has 6 heteroatoms. The summed E-state index contributed by atoms with van der Waals surface area (Å²) in [4.78, 5) is 28.4. The van der Waals surface area contributed by atoms with E-state index in [0.29, 0.717) is 18.7 Å². The molecular formula is C19H21N3O3. The number of Topliss-reactive ketones (excluding diaryl/α,β-unsaturated/α-hetero) is 1. The number of hydrogen-bond acceptors (Lipinski definition) is 4. The van der Waals surface area contributed by atoms with Crippen LogP contribution in [0.4, 0.5) is 0 Å². The predicted octanol–water partition coefficient (Wildman–Crippen LogP) is 3.14. The lowest BCUT2D eigenvalue weighted by molar-refractivity contribution is -0.119. The smallest absolute Gasteiger partial charge is 0.286 e. The molecule has 1 amide bonds. The summed E-state index contributed by atoms with van der Waals surface area (Å²) in [6.45, 7) is 3.99. The van der Waals surface area contributed by atoms with Gasteiger partial charge in [-0.1, -0.05) is 12.1 Å². The molecule has 0 aliphatic rings. The van der Waals surface area contributed by atoms with Gasteiger partial charge in [-0.2, -0.15) is 0 Å². The summed E-state index contributed by atoms with van der Waals surface area (Å²) in [5.41, 5.74) is 1.84. The van der Waals surface area contributed by atoms with Crippen molar-refractivity contribution < 1.29 is 14.0 Å². The highest BCUT2D eigenvalue weighted by Gasteiger charge is 2.18. The van der Waals surface area contributed by atoms with Gasteiger partial charge in [0.15, 0.2) is 11.5 Å². The van der Waals surface area contributed by atoms with E-state index < -0.39 is 0 Å². The van der Waals surface area contributed by atoms with Crippen LogP contribution in [-0.4, -0.2) is 27.8 Å².